The molecule has 3 atom stereocenters. The molecule has 2 aliphatic rings. The fourth-order valence-electron chi connectivity index (χ4n) is 6.72. The van der Waals surface area contributed by atoms with Crippen LogP contribution in [0, 0.1) is 5.92 Å². The second-order valence-corrected chi connectivity index (χ2v) is 12.3. The van der Waals surface area contributed by atoms with Crippen molar-refractivity contribution in [3.63, 3.8) is 0 Å². The molecule has 2 heterocycles. The Bertz CT molecular complexity index is 1610. The molecule has 0 saturated heterocycles. The van der Waals surface area contributed by atoms with Crippen LogP contribution in [0.4, 0.5) is 0 Å². The van der Waals surface area contributed by atoms with Crippen LogP contribution in [0.2, 0.25) is 0 Å². The van der Waals surface area contributed by atoms with Gasteiger partial charge in [-0.25, -0.2) is 0 Å². The molecule has 6 heteroatoms. The number of nitrogens with zero attached hydrogens (tertiary/aromatic N) is 2. The summed E-state index contributed by atoms with van der Waals surface area (Å²) in [4.78, 5) is 26.2. The SMILES string of the molecule is CCc1ccc2c(c1)[C@@H](CC[C@@H](O)[C@@H](CC(=O)c1ccc(=O)n(-c3ccccc3)n1)Cc1ccccc1)CC1(CCC1)O2. The first-order valence-corrected chi connectivity index (χ1v) is 15.7. The summed E-state index contributed by atoms with van der Waals surface area (Å²) < 4.78 is 7.79. The topological polar surface area (TPSA) is 81.4 Å². The first-order valence-electron chi connectivity index (χ1n) is 15.7. The van der Waals surface area contributed by atoms with Crippen LogP contribution < -0.4 is 10.3 Å². The first kappa shape index (κ1) is 29.1. The normalized spacial score (nSPS) is 18.2. The van der Waals surface area contributed by atoms with E-state index in [0.29, 0.717) is 24.4 Å². The van der Waals surface area contributed by atoms with Crippen LogP contribution >= 0.6 is 0 Å². The molecule has 0 radical (unpaired) electrons. The summed E-state index contributed by atoms with van der Waals surface area (Å²) in [6.45, 7) is 2.17. The van der Waals surface area contributed by atoms with E-state index in [4.69, 9.17) is 4.74 Å². The van der Waals surface area contributed by atoms with Crippen molar-refractivity contribution in [2.45, 2.75) is 82.3 Å². The van der Waals surface area contributed by atoms with E-state index >= 15 is 0 Å². The Hall–Kier alpha value is -4.03. The Morgan fingerprint density at radius 2 is 1.74 bits per heavy atom. The van der Waals surface area contributed by atoms with Crippen LogP contribution in [0.25, 0.3) is 5.69 Å². The number of Topliss-reactive ketones (excluding diaryl/α,β-unsaturated/α-hetero) is 1. The van der Waals surface area contributed by atoms with Crippen molar-refractivity contribution >= 4 is 5.78 Å². The van der Waals surface area contributed by atoms with Crippen molar-refractivity contribution in [1.29, 1.82) is 0 Å². The summed E-state index contributed by atoms with van der Waals surface area (Å²) in [6, 6.07) is 28.6. The molecule has 0 unspecified atom stereocenters. The molecular weight excluding hydrogens is 536 g/mol. The molecule has 1 aromatic heterocycles. The number of para-hydroxylation sites is 1. The lowest BCUT2D eigenvalue weighted by Crippen LogP contribution is -2.47. The molecule has 222 valence electrons. The molecule has 1 N–H and O–H groups in total. The highest BCUT2D eigenvalue weighted by Gasteiger charge is 2.45. The summed E-state index contributed by atoms with van der Waals surface area (Å²) >= 11 is 0. The number of benzene rings is 3. The number of fused-ring (bicyclic) bond motifs is 1. The number of aliphatic hydroxyl groups is 1. The third-order valence-corrected chi connectivity index (χ3v) is 9.36. The summed E-state index contributed by atoms with van der Waals surface area (Å²) in [5.41, 5.74) is 4.11. The maximum atomic E-state index is 13.6. The number of ketones is 1. The Morgan fingerprint density at radius 1 is 1.00 bits per heavy atom. The van der Waals surface area contributed by atoms with Gasteiger partial charge in [-0.1, -0.05) is 67.6 Å². The predicted octanol–water partition coefficient (Wildman–Crippen LogP) is 6.86. The summed E-state index contributed by atoms with van der Waals surface area (Å²) in [7, 11) is 0. The monoisotopic (exact) mass is 576 g/mol. The van der Waals surface area contributed by atoms with Crippen LogP contribution in [-0.2, 0) is 12.8 Å². The molecule has 1 fully saturated rings. The Balaban J connectivity index is 1.21. The Morgan fingerprint density at radius 3 is 2.44 bits per heavy atom. The number of hydrogen-bond acceptors (Lipinski definition) is 5. The van der Waals surface area contributed by atoms with Crippen LogP contribution in [0.1, 0.15) is 85.0 Å². The van der Waals surface area contributed by atoms with E-state index < -0.39 is 6.10 Å². The van der Waals surface area contributed by atoms with Crippen LogP contribution in [-0.4, -0.2) is 32.4 Å². The highest BCUT2D eigenvalue weighted by Crippen LogP contribution is 2.51. The molecule has 0 amide bonds. The zero-order valence-electron chi connectivity index (χ0n) is 24.8. The molecule has 4 aromatic rings. The van der Waals surface area contributed by atoms with E-state index in [-0.39, 0.29) is 35.0 Å². The highest BCUT2D eigenvalue weighted by atomic mass is 16.5. The third-order valence-electron chi connectivity index (χ3n) is 9.36. The van der Waals surface area contributed by atoms with Gasteiger partial charge in [0.15, 0.2) is 5.78 Å². The van der Waals surface area contributed by atoms with Gasteiger partial charge in [0, 0.05) is 12.5 Å². The van der Waals surface area contributed by atoms with Gasteiger partial charge in [0.05, 0.1) is 11.8 Å². The number of ether oxygens (including phenoxy) is 1. The van der Waals surface area contributed by atoms with E-state index in [1.165, 1.54) is 34.4 Å². The molecule has 6 rings (SSSR count). The minimum atomic E-state index is -0.665. The lowest BCUT2D eigenvalue weighted by Gasteiger charge is -2.48. The van der Waals surface area contributed by atoms with Gasteiger partial charge in [-0.05, 0) is 104 Å². The number of hydrogen-bond donors (Lipinski definition) is 1. The van der Waals surface area contributed by atoms with Gasteiger partial charge in [0.25, 0.3) is 5.56 Å². The van der Waals surface area contributed by atoms with Gasteiger partial charge in [-0.15, -0.1) is 0 Å². The maximum Gasteiger partial charge on any atom is 0.271 e. The van der Waals surface area contributed by atoms with Gasteiger partial charge in [-0.2, -0.15) is 9.78 Å². The number of aromatic nitrogens is 2. The van der Waals surface area contributed by atoms with Crippen molar-refractivity contribution in [1.82, 2.24) is 9.78 Å². The fourth-order valence-corrected chi connectivity index (χ4v) is 6.72. The van der Waals surface area contributed by atoms with Crippen LogP contribution in [0.3, 0.4) is 0 Å². The van der Waals surface area contributed by atoms with E-state index in [1.54, 1.807) is 12.1 Å². The zero-order valence-corrected chi connectivity index (χ0v) is 24.8. The van der Waals surface area contributed by atoms with E-state index in [9.17, 15) is 14.7 Å². The van der Waals surface area contributed by atoms with Crippen LogP contribution in [0.5, 0.6) is 5.75 Å². The van der Waals surface area contributed by atoms with Crippen molar-refractivity contribution in [3.8, 4) is 11.4 Å². The predicted molar refractivity (Wildman–Crippen MR) is 168 cm³/mol. The molecule has 1 aliphatic heterocycles. The molecule has 43 heavy (non-hydrogen) atoms. The molecule has 6 nitrogen and oxygen atoms in total. The number of carbonyl (C=O) groups is 1. The van der Waals surface area contributed by atoms with Crippen molar-refractivity contribution < 1.29 is 14.6 Å². The van der Waals surface area contributed by atoms with Gasteiger partial charge >= 0.3 is 0 Å². The van der Waals surface area contributed by atoms with Gasteiger partial charge in [0.2, 0.25) is 0 Å². The summed E-state index contributed by atoms with van der Waals surface area (Å²) in [5, 5.41) is 16.1. The zero-order chi connectivity index (χ0) is 29.8. The number of rotatable bonds is 11. The fraction of sp³-hybridized carbons (Fsp3) is 0.378. The van der Waals surface area contributed by atoms with Gasteiger partial charge < -0.3 is 9.84 Å². The Labute approximate surface area is 253 Å². The van der Waals surface area contributed by atoms with Crippen molar-refractivity contribution in [3.05, 3.63) is 124 Å². The maximum absolute atomic E-state index is 13.6. The quantitative estimate of drug-likeness (QED) is 0.197. The minimum Gasteiger partial charge on any atom is -0.487 e. The summed E-state index contributed by atoms with van der Waals surface area (Å²) in [5.74, 6) is 0.850. The molecule has 1 spiro atoms. The van der Waals surface area contributed by atoms with Crippen molar-refractivity contribution in [2.24, 2.45) is 5.92 Å². The third kappa shape index (κ3) is 6.50. The summed E-state index contributed by atoms with van der Waals surface area (Å²) in [6.07, 6.45) is 6.82. The number of aliphatic hydroxyl groups excluding tert-OH is 1. The van der Waals surface area contributed by atoms with E-state index in [0.717, 1.165) is 43.4 Å². The van der Waals surface area contributed by atoms with E-state index in [2.05, 4.69) is 30.2 Å². The van der Waals surface area contributed by atoms with Gasteiger partial charge in [0.1, 0.15) is 17.0 Å². The highest BCUT2D eigenvalue weighted by molar-refractivity contribution is 5.94. The molecule has 3 aromatic carbocycles. The number of carbonyl (C=O) groups excluding carboxylic acids is 1. The standard InChI is InChI=1S/C37H40N2O4/c1-2-26-14-18-35-31(23-26)28(25-37(43-35)20-9-21-37)15-17-33(40)29(22-27-10-5-3-6-11-27)24-34(41)32-16-19-36(42)39(38-32)30-12-7-4-8-13-30/h3-8,10-14,16,18-19,23,28-29,33,40H,2,9,15,17,20-22,24-25H2,1H3/t28-,29+,33+/m0/s1. The van der Waals surface area contributed by atoms with Crippen LogP contribution in [0.15, 0.2) is 95.8 Å². The van der Waals surface area contributed by atoms with Crippen molar-refractivity contribution in [2.75, 3.05) is 0 Å². The second-order valence-electron chi connectivity index (χ2n) is 12.3. The smallest absolute Gasteiger partial charge is 0.271 e. The first-order chi connectivity index (χ1) is 20.9. The molecule has 0 bridgehead atoms. The molecule has 1 aliphatic carbocycles. The Kier molecular flexibility index (Phi) is 8.57. The molecular formula is C37H40N2O4. The largest absolute Gasteiger partial charge is 0.487 e. The van der Waals surface area contributed by atoms with Gasteiger partial charge in [-0.3, -0.25) is 9.59 Å². The van der Waals surface area contributed by atoms with E-state index in [1.807, 2.05) is 48.5 Å². The lowest BCUT2D eigenvalue weighted by molar-refractivity contribution is -0.0359. The minimum absolute atomic E-state index is 0.0662. The number of aryl methyl sites for hydroxylation is 1. The average Bonchev–Trinajstić information content (AvgIpc) is 3.03. The lowest BCUT2D eigenvalue weighted by atomic mass is 9.69. The second kappa shape index (κ2) is 12.7. The molecule has 1 saturated carbocycles. The average molecular weight is 577 g/mol.